The van der Waals surface area contributed by atoms with Gasteiger partial charge in [-0.25, -0.2) is 9.59 Å². The van der Waals surface area contributed by atoms with Gasteiger partial charge in [-0.05, 0) is 64.6 Å². The summed E-state index contributed by atoms with van der Waals surface area (Å²) >= 11 is 0. The van der Waals surface area contributed by atoms with Crippen LogP contribution < -0.4 is 9.47 Å². The summed E-state index contributed by atoms with van der Waals surface area (Å²) in [4.78, 5) is 38.3. The molecule has 14 heteroatoms. The van der Waals surface area contributed by atoms with Crippen molar-refractivity contribution in [1.29, 1.82) is 0 Å². The zero-order chi connectivity index (χ0) is 38.6. The van der Waals surface area contributed by atoms with Gasteiger partial charge in [-0.3, -0.25) is 13.9 Å². The number of cyclic esters (lactones) is 1. The Labute approximate surface area is 307 Å². The Bertz CT molecular complexity index is 1470. The number of fused-ring (bicyclic) bond motifs is 1. The van der Waals surface area contributed by atoms with E-state index in [-0.39, 0.29) is 25.3 Å². The molecule has 11 nitrogen and oxygen atoms in total. The number of ether oxygens (including phenoxy) is 5. The van der Waals surface area contributed by atoms with Crippen LogP contribution in [0.1, 0.15) is 60.7 Å². The number of benzene rings is 1. The van der Waals surface area contributed by atoms with Gasteiger partial charge < -0.3 is 28.2 Å². The van der Waals surface area contributed by atoms with E-state index in [0.29, 0.717) is 49.5 Å². The van der Waals surface area contributed by atoms with Crippen molar-refractivity contribution in [3.05, 3.63) is 46.1 Å². The molecule has 1 heterocycles. The molecular formula is C37H61O11PSi2. The lowest BCUT2D eigenvalue weighted by Gasteiger charge is -2.22. The second-order valence-electron chi connectivity index (χ2n) is 15.4. The summed E-state index contributed by atoms with van der Waals surface area (Å²) in [5.74, 6) is -0.674. The Kier molecular flexibility index (Phi) is 17.4. The lowest BCUT2D eigenvalue weighted by Crippen LogP contribution is -2.25. The molecule has 0 amide bonds. The van der Waals surface area contributed by atoms with E-state index in [1.807, 2.05) is 19.9 Å². The summed E-state index contributed by atoms with van der Waals surface area (Å²) in [7, 11) is -3.59. The van der Waals surface area contributed by atoms with Gasteiger partial charge in [0.2, 0.25) is 0 Å². The van der Waals surface area contributed by atoms with Crippen LogP contribution in [-0.4, -0.2) is 80.4 Å². The minimum atomic E-state index is -3.64. The predicted molar refractivity (Wildman–Crippen MR) is 206 cm³/mol. The number of carbonyl (C=O) groups is 3. The lowest BCUT2D eigenvalue weighted by atomic mass is 9.93. The van der Waals surface area contributed by atoms with Crippen molar-refractivity contribution < 1.29 is 51.7 Å². The topological polar surface area (TPSA) is 133 Å². The van der Waals surface area contributed by atoms with Crippen molar-refractivity contribution in [1.82, 2.24) is 0 Å². The van der Waals surface area contributed by atoms with E-state index in [9.17, 15) is 18.9 Å². The minimum Gasteiger partial charge on any atom is -0.496 e. The normalized spacial score (nSPS) is 15.9. The van der Waals surface area contributed by atoms with Crippen molar-refractivity contribution in [2.45, 2.75) is 111 Å². The number of hydrogen-bond acceptors (Lipinski definition) is 11. The van der Waals surface area contributed by atoms with Crippen LogP contribution in [0, 0.1) is 12.8 Å². The van der Waals surface area contributed by atoms with Gasteiger partial charge in [0.25, 0.3) is 0 Å². The standard InChI is InChI=1S/C37H61O11PSi2/c1-13-44-35(38)28(4)48-49(41,43-6)21-15-14-16-29(36(39)46-20-23-51(10,11)12)24-26(2)17-18-30-33(42-5)27(3)31-25-47-37(40)32(31)34(30)45-19-22-50(7,8)9/h14-15,17,28-29H,13,16,18-25H2,1-12H3. The maximum atomic E-state index is 13.4. The molecule has 1 aromatic carbocycles. The van der Waals surface area contributed by atoms with Crippen LogP contribution in [0.5, 0.6) is 11.5 Å². The van der Waals surface area contributed by atoms with Crippen molar-refractivity contribution in [2.24, 2.45) is 5.92 Å². The van der Waals surface area contributed by atoms with Gasteiger partial charge in [-0.15, -0.1) is 0 Å². The number of carbonyl (C=O) groups excluding carboxylic acids is 3. The SMILES string of the molecule is CCOC(=O)C(C)OP(=O)(CC=CCC(CC(C)=CCc1c(OC)c(C)c2c(c1OCC[Si](C)(C)C)C(=O)OC2)C(=O)OCC[Si](C)(C)C)OC. The van der Waals surface area contributed by atoms with Crippen LogP contribution in [0.3, 0.4) is 0 Å². The van der Waals surface area contributed by atoms with Gasteiger partial charge in [0.1, 0.15) is 23.7 Å². The fourth-order valence-electron chi connectivity index (χ4n) is 5.38. The molecule has 288 valence electrons. The Morgan fingerprint density at radius 3 is 2.20 bits per heavy atom. The first kappa shape index (κ1) is 44.5. The van der Waals surface area contributed by atoms with Crippen LogP contribution in [0.4, 0.5) is 0 Å². The highest BCUT2D eigenvalue weighted by Crippen LogP contribution is 2.48. The molecule has 51 heavy (non-hydrogen) atoms. The fraction of sp³-hybridized carbons (Fsp3) is 0.649. The van der Waals surface area contributed by atoms with Gasteiger partial charge in [0.15, 0.2) is 6.10 Å². The van der Waals surface area contributed by atoms with Gasteiger partial charge in [-0.1, -0.05) is 63.1 Å². The fourth-order valence-corrected chi connectivity index (χ4v) is 8.11. The second-order valence-corrected chi connectivity index (χ2v) is 28.8. The highest BCUT2D eigenvalue weighted by molar-refractivity contribution is 7.54. The molecule has 0 aliphatic carbocycles. The largest absolute Gasteiger partial charge is 0.496 e. The Morgan fingerprint density at radius 2 is 1.61 bits per heavy atom. The van der Waals surface area contributed by atoms with Crippen LogP contribution >= 0.6 is 7.60 Å². The average Bonchev–Trinajstić information content (AvgIpc) is 3.42. The lowest BCUT2D eigenvalue weighted by molar-refractivity contribution is -0.151. The monoisotopic (exact) mass is 768 g/mol. The summed E-state index contributed by atoms with van der Waals surface area (Å²) in [5, 5.41) is 0. The molecule has 2 rings (SSSR count). The molecule has 1 aliphatic rings. The number of esters is 3. The average molecular weight is 769 g/mol. The molecule has 1 aromatic rings. The second kappa shape index (κ2) is 19.9. The number of allylic oxidation sites excluding steroid dienone is 4. The molecule has 0 bridgehead atoms. The molecule has 3 unspecified atom stereocenters. The maximum absolute atomic E-state index is 13.4. The van der Waals surface area contributed by atoms with Crippen LogP contribution in [0.25, 0.3) is 0 Å². The van der Waals surface area contributed by atoms with E-state index >= 15 is 0 Å². The number of methoxy groups -OCH3 is 1. The third-order valence-electron chi connectivity index (χ3n) is 8.51. The molecule has 0 N–H and O–H groups in total. The summed E-state index contributed by atoms with van der Waals surface area (Å²) in [6.07, 6.45) is 5.45. The molecule has 0 fully saturated rings. The Hall–Kier alpha value is -2.71. The third kappa shape index (κ3) is 14.3. The Balaban J connectivity index is 2.34. The van der Waals surface area contributed by atoms with Crippen LogP contribution in [0.15, 0.2) is 23.8 Å². The van der Waals surface area contributed by atoms with Crippen molar-refractivity contribution in [2.75, 3.05) is 40.2 Å². The molecule has 0 aromatic heterocycles. The van der Waals surface area contributed by atoms with E-state index in [0.717, 1.165) is 34.4 Å². The third-order valence-corrected chi connectivity index (χ3v) is 13.8. The summed E-state index contributed by atoms with van der Waals surface area (Å²) in [5.41, 5.74) is 3.81. The van der Waals surface area contributed by atoms with Gasteiger partial charge in [-0.2, -0.15) is 0 Å². The van der Waals surface area contributed by atoms with E-state index in [4.69, 9.17) is 32.7 Å². The molecule has 0 saturated carbocycles. The van der Waals surface area contributed by atoms with Gasteiger partial charge >= 0.3 is 25.5 Å². The Morgan fingerprint density at radius 1 is 0.961 bits per heavy atom. The van der Waals surface area contributed by atoms with Gasteiger partial charge in [0, 0.05) is 34.4 Å². The first-order chi connectivity index (χ1) is 23.8. The highest BCUT2D eigenvalue weighted by atomic mass is 31.2. The molecule has 3 atom stereocenters. The molecule has 0 saturated heterocycles. The van der Waals surface area contributed by atoms with Crippen molar-refractivity contribution >= 4 is 41.7 Å². The maximum Gasteiger partial charge on any atom is 0.342 e. The predicted octanol–water partition coefficient (Wildman–Crippen LogP) is 8.52. The number of hydrogen-bond donors (Lipinski definition) is 0. The molecule has 1 aliphatic heterocycles. The van der Waals surface area contributed by atoms with Crippen LogP contribution in [-0.2, 0) is 50.4 Å². The molecule has 0 radical (unpaired) electrons. The zero-order valence-corrected chi connectivity index (χ0v) is 35.8. The van der Waals surface area contributed by atoms with Gasteiger partial charge in [0.05, 0.1) is 39.0 Å². The van der Waals surface area contributed by atoms with Crippen LogP contribution in [0.2, 0.25) is 51.4 Å². The van der Waals surface area contributed by atoms with Crippen molar-refractivity contribution in [3.8, 4) is 11.5 Å². The number of rotatable bonds is 22. The molecule has 0 spiro atoms. The molecular weight excluding hydrogens is 708 g/mol. The quantitative estimate of drug-likeness (QED) is 0.0370. The van der Waals surface area contributed by atoms with E-state index in [2.05, 4.69) is 39.3 Å². The summed E-state index contributed by atoms with van der Waals surface area (Å²) < 4.78 is 52.2. The highest BCUT2D eigenvalue weighted by Gasteiger charge is 2.34. The van der Waals surface area contributed by atoms with Crippen molar-refractivity contribution in [3.63, 3.8) is 0 Å². The summed E-state index contributed by atoms with van der Waals surface area (Å²) in [6, 6.07) is 1.77. The first-order valence-electron chi connectivity index (χ1n) is 17.7. The summed E-state index contributed by atoms with van der Waals surface area (Å²) in [6.45, 7) is 21.7. The zero-order valence-electron chi connectivity index (χ0n) is 32.9. The first-order valence-corrected chi connectivity index (χ1v) is 26.9. The smallest absolute Gasteiger partial charge is 0.342 e. The van der Waals surface area contributed by atoms with E-state index < -0.39 is 47.7 Å². The van der Waals surface area contributed by atoms with E-state index in [1.54, 1.807) is 26.2 Å². The van der Waals surface area contributed by atoms with E-state index in [1.165, 1.54) is 14.0 Å². The minimum absolute atomic E-state index is 0.0835.